The Morgan fingerprint density at radius 3 is 2.23 bits per heavy atom. The first-order valence-corrected chi connectivity index (χ1v) is 5.20. The van der Waals surface area contributed by atoms with E-state index in [4.69, 9.17) is 0 Å². The Kier molecular flexibility index (Phi) is 5.83. The predicted molar refractivity (Wildman–Crippen MR) is 54.5 cm³/mol. The van der Waals surface area contributed by atoms with Crippen LogP contribution in [0.25, 0.3) is 0 Å². The molecular weight excluding hydrogens is 197 g/mol. The first kappa shape index (κ1) is 13.1. The van der Waals surface area contributed by atoms with Crippen molar-refractivity contribution in [2.24, 2.45) is 0 Å². The van der Waals surface area contributed by atoms with Gasteiger partial charge in [0, 0.05) is 6.54 Å². The van der Waals surface area contributed by atoms with Crippen LogP contribution in [-0.4, -0.2) is 44.5 Å². The van der Waals surface area contributed by atoms with E-state index < -0.39 is 10.0 Å². The molecule has 3 nitrogen and oxygen atoms in total. The van der Waals surface area contributed by atoms with E-state index in [9.17, 15) is 8.42 Å². The maximum absolute atomic E-state index is 11.3. The van der Waals surface area contributed by atoms with Crippen molar-refractivity contribution in [3.63, 3.8) is 0 Å². The minimum absolute atomic E-state index is 0. The zero-order chi connectivity index (χ0) is 9.03. The summed E-state index contributed by atoms with van der Waals surface area (Å²) in [5, 5.41) is 0. The fraction of sp³-hybridized carbons (Fsp3) is 0.250. The zero-order valence-corrected chi connectivity index (χ0v) is 7.64. The molecule has 0 aliphatic heterocycles. The molecule has 0 bridgehead atoms. The van der Waals surface area contributed by atoms with Crippen LogP contribution in [0.15, 0.2) is 35.2 Å². The van der Waals surface area contributed by atoms with Gasteiger partial charge >= 0.3 is 29.6 Å². The summed E-state index contributed by atoms with van der Waals surface area (Å²) in [5.74, 6) is 0. The summed E-state index contributed by atoms with van der Waals surface area (Å²) in [6, 6.07) is 8.31. The summed E-state index contributed by atoms with van der Waals surface area (Å²) in [6.45, 7) is 2.16. The van der Waals surface area contributed by atoms with Crippen LogP contribution in [0.5, 0.6) is 0 Å². The van der Waals surface area contributed by atoms with Crippen molar-refractivity contribution in [3.05, 3.63) is 30.3 Å². The number of benzene rings is 1. The first-order chi connectivity index (χ1) is 5.67. The third-order valence-electron chi connectivity index (χ3n) is 1.39. The van der Waals surface area contributed by atoms with Crippen LogP contribution in [0.1, 0.15) is 6.92 Å². The molecule has 1 aromatic carbocycles. The van der Waals surface area contributed by atoms with Crippen molar-refractivity contribution in [1.29, 1.82) is 0 Å². The zero-order valence-electron chi connectivity index (χ0n) is 6.82. The van der Waals surface area contributed by atoms with Gasteiger partial charge in [-0.25, -0.2) is 13.1 Å². The van der Waals surface area contributed by atoms with Crippen LogP contribution >= 0.6 is 0 Å². The average Bonchev–Trinajstić information content (AvgIpc) is 2.06. The van der Waals surface area contributed by atoms with Gasteiger partial charge in [-0.2, -0.15) is 0 Å². The second-order valence-corrected chi connectivity index (χ2v) is 4.08. The molecule has 1 N–H and O–H groups in total. The number of rotatable bonds is 3. The minimum atomic E-state index is -3.26. The molecule has 0 amide bonds. The molecule has 0 aliphatic carbocycles. The number of sulfonamides is 1. The van der Waals surface area contributed by atoms with Gasteiger partial charge in [-0.3, -0.25) is 0 Å². The van der Waals surface area contributed by atoms with E-state index in [0.717, 1.165) is 0 Å². The van der Waals surface area contributed by atoms with Crippen LogP contribution in [0.4, 0.5) is 0 Å². The molecule has 0 heterocycles. The van der Waals surface area contributed by atoms with E-state index in [1.807, 2.05) is 0 Å². The fourth-order valence-electron chi connectivity index (χ4n) is 0.873. The van der Waals surface area contributed by atoms with Gasteiger partial charge < -0.3 is 0 Å². The van der Waals surface area contributed by atoms with Gasteiger partial charge in [0.05, 0.1) is 4.90 Å². The van der Waals surface area contributed by atoms with Crippen molar-refractivity contribution in [1.82, 2.24) is 4.72 Å². The van der Waals surface area contributed by atoms with Gasteiger partial charge in [0.1, 0.15) is 0 Å². The monoisotopic (exact) mass is 209 g/mol. The molecule has 13 heavy (non-hydrogen) atoms. The van der Waals surface area contributed by atoms with E-state index >= 15 is 0 Å². The molecule has 0 unspecified atom stereocenters. The molecule has 0 spiro atoms. The summed E-state index contributed by atoms with van der Waals surface area (Å²) in [6.07, 6.45) is 0. The fourth-order valence-corrected chi connectivity index (χ4v) is 1.94. The average molecular weight is 209 g/mol. The maximum atomic E-state index is 11.3. The van der Waals surface area contributed by atoms with Crippen molar-refractivity contribution >= 4 is 39.6 Å². The quantitative estimate of drug-likeness (QED) is 0.729. The Morgan fingerprint density at radius 2 is 1.77 bits per heavy atom. The third-order valence-corrected chi connectivity index (χ3v) is 2.95. The molecule has 0 aromatic heterocycles. The van der Waals surface area contributed by atoms with Crippen LogP contribution in [0, 0.1) is 0 Å². The predicted octanol–water partition coefficient (Wildman–Crippen LogP) is 0.336. The summed E-state index contributed by atoms with van der Waals surface area (Å²) >= 11 is 0. The van der Waals surface area contributed by atoms with Crippen LogP contribution in [0.3, 0.4) is 0 Å². The van der Waals surface area contributed by atoms with Gasteiger partial charge in [0.25, 0.3) is 0 Å². The van der Waals surface area contributed by atoms with E-state index in [1.54, 1.807) is 37.3 Å². The number of nitrogens with one attached hydrogen (secondary N) is 1. The Morgan fingerprint density at radius 1 is 1.23 bits per heavy atom. The Labute approximate surface area is 101 Å². The van der Waals surface area contributed by atoms with Crippen molar-refractivity contribution in [3.8, 4) is 0 Å². The molecule has 0 fully saturated rings. The van der Waals surface area contributed by atoms with Crippen molar-refractivity contribution < 1.29 is 8.42 Å². The van der Waals surface area contributed by atoms with E-state index in [0.29, 0.717) is 11.4 Å². The van der Waals surface area contributed by atoms with Gasteiger partial charge in [-0.15, -0.1) is 0 Å². The molecule has 0 radical (unpaired) electrons. The molecule has 5 heteroatoms. The van der Waals surface area contributed by atoms with Crippen molar-refractivity contribution in [2.45, 2.75) is 11.8 Å². The molecule has 1 rings (SSSR count). The second kappa shape index (κ2) is 5.78. The molecule has 0 atom stereocenters. The molecule has 1 aromatic rings. The summed E-state index contributed by atoms with van der Waals surface area (Å²) < 4.78 is 25.1. The molecule has 0 aliphatic rings. The molecule has 0 saturated carbocycles. The van der Waals surface area contributed by atoms with Crippen LogP contribution in [-0.2, 0) is 10.0 Å². The standard InChI is InChI=1S/C8H11NO2S.Na.H/c1-2-9-12(10,11)8-6-4-3-5-7-8;;/h3-7,9H,2H2,1H3;;. The Hall–Kier alpha value is 0.130. The Balaban J connectivity index is 0.00000144. The first-order valence-electron chi connectivity index (χ1n) is 3.71. The van der Waals surface area contributed by atoms with Gasteiger partial charge in [0.2, 0.25) is 10.0 Å². The van der Waals surface area contributed by atoms with Crippen LogP contribution < -0.4 is 4.72 Å². The number of hydrogen-bond donors (Lipinski definition) is 1. The Bertz CT molecular complexity index is 336. The summed E-state index contributed by atoms with van der Waals surface area (Å²) in [5.41, 5.74) is 0. The van der Waals surface area contributed by atoms with Crippen molar-refractivity contribution in [2.75, 3.05) is 6.54 Å². The van der Waals surface area contributed by atoms with Gasteiger partial charge in [0.15, 0.2) is 0 Å². The summed E-state index contributed by atoms with van der Waals surface area (Å²) in [7, 11) is -3.26. The third kappa shape index (κ3) is 3.79. The van der Waals surface area contributed by atoms with Gasteiger partial charge in [-0.1, -0.05) is 25.1 Å². The SMILES string of the molecule is CCNS(=O)(=O)c1ccccc1.[NaH]. The normalized spacial score (nSPS) is 10.5. The molecule has 0 saturated heterocycles. The van der Waals surface area contributed by atoms with E-state index in [1.165, 1.54) is 0 Å². The van der Waals surface area contributed by atoms with E-state index in [-0.39, 0.29) is 29.6 Å². The molecular formula is C8H12NNaO2S. The topological polar surface area (TPSA) is 46.2 Å². The van der Waals surface area contributed by atoms with Crippen LogP contribution in [0.2, 0.25) is 0 Å². The molecule has 68 valence electrons. The second-order valence-electron chi connectivity index (χ2n) is 2.31. The van der Waals surface area contributed by atoms with Gasteiger partial charge in [-0.05, 0) is 12.1 Å². The van der Waals surface area contributed by atoms with E-state index in [2.05, 4.69) is 4.72 Å². The number of hydrogen-bond acceptors (Lipinski definition) is 2. The summed E-state index contributed by atoms with van der Waals surface area (Å²) in [4.78, 5) is 0.312.